The number of nitrogens with zero attached hydrogens (tertiary/aromatic N) is 1. The van der Waals surface area contributed by atoms with Gasteiger partial charge in [-0.1, -0.05) is 59.8 Å². The number of hydrogen-bond donors (Lipinski definition) is 3. The van der Waals surface area contributed by atoms with Crippen molar-refractivity contribution in [3.8, 4) is 0 Å². The van der Waals surface area contributed by atoms with Crippen molar-refractivity contribution in [2.75, 3.05) is 0 Å². The van der Waals surface area contributed by atoms with E-state index in [-0.39, 0.29) is 19.3 Å². The standard InChI is InChI=1S/C25H45NO6/c1-5-9-10-11-12-13-14-15-19-26(20(16-6-2)23(27)28,21(17-7-3)24(29)30)22(18-8-4)25(31)32/h15,19-22H,5-14,16-18H2,1-4H3,(H2-,27,28,29,30,31,32)/p+1. The Morgan fingerprint density at radius 3 is 1.34 bits per heavy atom. The van der Waals surface area contributed by atoms with Crippen molar-refractivity contribution in [1.29, 1.82) is 0 Å². The summed E-state index contributed by atoms with van der Waals surface area (Å²) in [4.78, 5) is 37.2. The molecule has 0 aromatic heterocycles. The quantitative estimate of drug-likeness (QED) is 0.157. The first-order valence-corrected chi connectivity index (χ1v) is 12.5. The topological polar surface area (TPSA) is 112 Å². The summed E-state index contributed by atoms with van der Waals surface area (Å²) < 4.78 is -0.550. The van der Waals surface area contributed by atoms with Gasteiger partial charge in [-0.25, -0.2) is 14.4 Å². The molecule has 0 bridgehead atoms. The molecule has 32 heavy (non-hydrogen) atoms. The van der Waals surface area contributed by atoms with Gasteiger partial charge in [-0.3, -0.25) is 4.48 Å². The molecule has 0 spiro atoms. The molecule has 3 atom stereocenters. The average molecular weight is 457 g/mol. The second-order valence-electron chi connectivity index (χ2n) is 8.76. The van der Waals surface area contributed by atoms with Crippen LogP contribution in [0.15, 0.2) is 12.3 Å². The van der Waals surface area contributed by atoms with Gasteiger partial charge >= 0.3 is 17.9 Å². The lowest BCUT2D eigenvalue weighted by Crippen LogP contribution is -2.69. The Labute approximate surface area is 194 Å². The molecule has 0 aliphatic heterocycles. The van der Waals surface area contributed by atoms with Gasteiger partial charge in [0.25, 0.3) is 0 Å². The van der Waals surface area contributed by atoms with E-state index in [0.717, 1.165) is 19.3 Å². The first kappa shape index (κ1) is 30.1. The SMILES string of the molecule is CCCCCCCCC=C[N+](C(CCC)C(=O)O)(C(CCC)C(=O)O)C(CCC)C(=O)O. The van der Waals surface area contributed by atoms with Gasteiger partial charge in [0.15, 0.2) is 18.1 Å². The average Bonchev–Trinajstić information content (AvgIpc) is 2.73. The highest BCUT2D eigenvalue weighted by molar-refractivity contribution is 5.78. The minimum absolute atomic E-state index is 0.220. The number of unbranched alkanes of at least 4 members (excludes halogenated alkanes) is 6. The van der Waals surface area contributed by atoms with Crippen LogP contribution in [0, 0.1) is 0 Å². The molecule has 186 valence electrons. The molecular formula is C25H46NO6+. The van der Waals surface area contributed by atoms with Gasteiger partial charge in [-0.05, 0) is 38.2 Å². The van der Waals surface area contributed by atoms with Crippen LogP contribution in [0.1, 0.15) is 111 Å². The van der Waals surface area contributed by atoms with E-state index >= 15 is 0 Å². The Morgan fingerprint density at radius 1 is 0.625 bits per heavy atom. The monoisotopic (exact) mass is 456 g/mol. The zero-order chi connectivity index (χ0) is 24.6. The normalized spacial score (nSPS) is 16.4. The van der Waals surface area contributed by atoms with Crippen LogP contribution in [0.4, 0.5) is 0 Å². The van der Waals surface area contributed by atoms with Crippen LogP contribution in [0.3, 0.4) is 0 Å². The van der Waals surface area contributed by atoms with E-state index in [1.807, 2.05) is 26.8 Å². The van der Waals surface area contributed by atoms with Crippen LogP contribution in [0.25, 0.3) is 0 Å². The molecule has 0 aromatic rings. The van der Waals surface area contributed by atoms with Crippen LogP contribution >= 0.6 is 0 Å². The number of carboxylic acids is 3. The summed E-state index contributed by atoms with van der Waals surface area (Å²) in [5.74, 6) is -3.41. The Bertz CT molecular complexity index is 529. The Hall–Kier alpha value is -1.89. The maximum atomic E-state index is 12.4. The van der Waals surface area contributed by atoms with Gasteiger partial charge in [-0.15, -0.1) is 0 Å². The van der Waals surface area contributed by atoms with Gasteiger partial charge < -0.3 is 15.3 Å². The fourth-order valence-corrected chi connectivity index (χ4v) is 4.70. The van der Waals surface area contributed by atoms with Gasteiger partial charge in [0.05, 0.1) is 6.20 Å². The van der Waals surface area contributed by atoms with E-state index < -0.39 is 40.5 Å². The van der Waals surface area contributed by atoms with Crippen molar-refractivity contribution in [3.63, 3.8) is 0 Å². The predicted molar refractivity (Wildman–Crippen MR) is 126 cm³/mol. The van der Waals surface area contributed by atoms with E-state index in [1.54, 1.807) is 6.20 Å². The summed E-state index contributed by atoms with van der Waals surface area (Å²) in [6, 6.07) is -3.37. The Balaban J connectivity index is 6.33. The highest BCUT2D eigenvalue weighted by Crippen LogP contribution is 2.34. The molecule has 0 rings (SSSR count). The number of rotatable bonds is 20. The number of carboxylic acid groups (broad SMARTS) is 3. The summed E-state index contributed by atoms with van der Waals surface area (Å²) in [5.41, 5.74) is 0. The second-order valence-corrected chi connectivity index (χ2v) is 8.76. The number of carbonyl (C=O) groups is 3. The summed E-state index contributed by atoms with van der Waals surface area (Å²) in [5, 5.41) is 30.4. The molecule has 3 unspecified atom stereocenters. The maximum absolute atomic E-state index is 12.4. The Kier molecular flexibility index (Phi) is 15.7. The summed E-state index contributed by atoms with van der Waals surface area (Å²) in [6.07, 6.45) is 13.1. The largest absolute Gasteiger partial charge is 0.477 e. The van der Waals surface area contributed by atoms with Crippen LogP contribution < -0.4 is 0 Å². The van der Waals surface area contributed by atoms with E-state index in [2.05, 4.69) is 6.92 Å². The molecule has 7 heteroatoms. The molecule has 0 amide bonds. The molecular weight excluding hydrogens is 410 g/mol. The highest BCUT2D eigenvalue weighted by atomic mass is 16.4. The van der Waals surface area contributed by atoms with Gasteiger partial charge in [0.1, 0.15) is 0 Å². The van der Waals surface area contributed by atoms with Crippen LogP contribution in [0.2, 0.25) is 0 Å². The summed E-state index contributed by atoms with van der Waals surface area (Å²) in [7, 11) is 0. The van der Waals surface area contributed by atoms with E-state index in [1.165, 1.54) is 19.3 Å². The third-order valence-electron chi connectivity index (χ3n) is 6.25. The van der Waals surface area contributed by atoms with Crippen molar-refractivity contribution in [3.05, 3.63) is 12.3 Å². The number of allylic oxidation sites excluding steroid dienone is 1. The minimum atomic E-state index is -1.14. The van der Waals surface area contributed by atoms with Gasteiger partial charge in [0.2, 0.25) is 0 Å². The van der Waals surface area contributed by atoms with Crippen LogP contribution in [-0.2, 0) is 14.4 Å². The fraction of sp³-hybridized carbons (Fsp3) is 0.800. The molecule has 7 nitrogen and oxygen atoms in total. The number of quaternary nitrogens is 1. The second kappa shape index (κ2) is 16.7. The highest BCUT2D eigenvalue weighted by Gasteiger charge is 2.56. The van der Waals surface area contributed by atoms with E-state index in [4.69, 9.17) is 0 Å². The van der Waals surface area contributed by atoms with Crippen LogP contribution in [-0.4, -0.2) is 55.8 Å². The van der Waals surface area contributed by atoms with Crippen molar-refractivity contribution >= 4 is 17.9 Å². The van der Waals surface area contributed by atoms with E-state index in [0.29, 0.717) is 25.7 Å². The van der Waals surface area contributed by atoms with Gasteiger partial charge in [-0.2, -0.15) is 0 Å². The lowest BCUT2D eigenvalue weighted by Gasteiger charge is -2.47. The first-order valence-electron chi connectivity index (χ1n) is 12.5. The molecule has 0 saturated heterocycles. The van der Waals surface area contributed by atoms with E-state index in [9.17, 15) is 29.7 Å². The van der Waals surface area contributed by atoms with Crippen molar-refractivity contribution < 1.29 is 34.2 Å². The third kappa shape index (κ3) is 8.93. The van der Waals surface area contributed by atoms with Gasteiger partial charge in [0, 0.05) is 19.3 Å². The zero-order valence-corrected chi connectivity index (χ0v) is 20.6. The third-order valence-corrected chi connectivity index (χ3v) is 6.25. The molecule has 3 N–H and O–H groups in total. The Morgan fingerprint density at radius 2 is 1.00 bits per heavy atom. The molecule has 0 fully saturated rings. The molecule has 0 radical (unpaired) electrons. The minimum Gasteiger partial charge on any atom is -0.477 e. The van der Waals surface area contributed by atoms with Crippen molar-refractivity contribution in [1.82, 2.24) is 0 Å². The molecule has 0 aromatic carbocycles. The fourth-order valence-electron chi connectivity index (χ4n) is 4.70. The molecule has 0 aliphatic carbocycles. The van der Waals surface area contributed by atoms with Crippen molar-refractivity contribution in [2.45, 2.75) is 129 Å². The first-order chi connectivity index (χ1) is 15.2. The lowest BCUT2D eigenvalue weighted by molar-refractivity contribution is -0.928. The lowest BCUT2D eigenvalue weighted by atomic mass is 9.93. The maximum Gasteiger partial charge on any atom is 0.363 e. The predicted octanol–water partition coefficient (Wildman–Crippen LogP) is 5.83. The van der Waals surface area contributed by atoms with Crippen LogP contribution in [0.5, 0.6) is 0 Å². The smallest absolute Gasteiger partial charge is 0.363 e. The number of aliphatic carboxylic acids is 3. The van der Waals surface area contributed by atoms with Crippen molar-refractivity contribution in [2.24, 2.45) is 0 Å². The molecule has 0 heterocycles. The molecule has 0 saturated carbocycles. The summed E-state index contributed by atoms with van der Waals surface area (Å²) in [6.45, 7) is 7.70. The zero-order valence-electron chi connectivity index (χ0n) is 20.6. The number of hydrogen-bond acceptors (Lipinski definition) is 3. The summed E-state index contributed by atoms with van der Waals surface area (Å²) >= 11 is 0. The molecule has 0 aliphatic rings.